The molecule has 0 aliphatic rings. The molecule has 0 aliphatic carbocycles. The maximum absolute atomic E-state index is 13.5. The molecule has 0 aliphatic heterocycles. The van der Waals surface area contributed by atoms with E-state index in [-0.39, 0.29) is 33.8 Å². The summed E-state index contributed by atoms with van der Waals surface area (Å²) in [6.07, 6.45) is 0.745. The molecular formula is C18H21FN2O4S. The lowest BCUT2D eigenvalue weighted by atomic mass is 10.1. The zero-order chi connectivity index (χ0) is 19.3. The number of halogens is 1. The third-order valence-electron chi connectivity index (χ3n) is 3.84. The van der Waals surface area contributed by atoms with Crippen molar-refractivity contribution in [3.63, 3.8) is 0 Å². The van der Waals surface area contributed by atoms with E-state index in [0.29, 0.717) is 0 Å². The Kier molecular flexibility index (Phi) is 6.20. The van der Waals surface area contributed by atoms with Gasteiger partial charge < -0.3 is 10.1 Å². The molecule has 0 aromatic heterocycles. The minimum absolute atomic E-state index is 0.0477. The van der Waals surface area contributed by atoms with E-state index in [2.05, 4.69) is 10.0 Å². The number of anilines is 1. The Morgan fingerprint density at radius 2 is 1.92 bits per heavy atom. The summed E-state index contributed by atoms with van der Waals surface area (Å²) in [6.45, 7) is 3.79. The average molecular weight is 380 g/mol. The first-order valence-electron chi connectivity index (χ1n) is 8.04. The molecule has 0 unspecified atom stereocenters. The molecule has 2 N–H and O–H groups in total. The van der Waals surface area contributed by atoms with Crippen LogP contribution in [0.15, 0.2) is 47.4 Å². The van der Waals surface area contributed by atoms with Crippen LogP contribution in [0.1, 0.15) is 30.6 Å². The van der Waals surface area contributed by atoms with Gasteiger partial charge in [0.2, 0.25) is 0 Å². The zero-order valence-electron chi connectivity index (χ0n) is 14.7. The number of rotatable bonds is 7. The van der Waals surface area contributed by atoms with Crippen LogP contribution in [0.3, 0.4) is 0 Å². The Labute approximate surface area is 152 Å². The number of carbonyl (C=O) groups excluding carboxylic acids is 1. The fourth-order valence-corrected chi connectivity index (χ4v) is 3.28. The van der Waals surface area contributed by atoms with Crippen molar-refractivity contribution in [1.82, 2.24) is 5.32 Å². The molecule has 1 atom stereocenters. The number of hydrogen-bond donors (Lipinski definition) is 2. The minimum atomic E-state index is -4.03. The van der Waals surface area contributed by atoms with Gasteiger partial charge in [0, 0.05) is 12.1 Å². The summed E-state index contributed by atoms with van der Waals surface area (Å²) in [5, 5.41) is 2.79. The van der Waals surface area contributed by atoms with Gasteiger partial charge in [0.05, 0.1) is 23.3 Å². The highest BCUT2D eigenvalue weighted by molar-refractivity contribution is 7.92. The number of sulfonamides is 1. The normalized spacial score (nSPS) is 12.3. The van der Waals surface area contributed by atoms with Gasteiger partial charge in [-0.1, -0.05) is 19.1 Å². The smallest absolute Gasteiger partial charge is 0.262 e. The third kappa shape index (κ3) is 4.51. The van der Waals surface area contributed by atoms with Crippen LogP contribution < -0.4 is 14.8 Å². The number of nitrogens with one attached hydrogen (secondary N) is 2. The molecule has 8 heteroatoms. The van der Waals surface area contributed by atoms with Crippen LogP contribution >= 0.6 is 0 Å². The predicted octanol–water partition coefficient (Wildman–Crippen LogP) is 3.16. The fourth-order valence-electron chi connectivity index (χ4n) is 2.18. The van der Waals surface area contributed by atoms with Crippen LogP contribution in [0.25, 0.3) is 0 Å². The van der Waals surface area contributed by atoms with Crippen LogP contribution in [0.5, 0.6) is 5.75 Å². The largest absolute Gasteiger partial charge is 0.494 e. The van der Waals surface area contributed by atoms with Gasteiger partial charge in [0.25, 0.3) is 15.9 Å². The number of benzene rings is 2. The van der Waals surface area contributed by atoms with Crippen LogP contribution in [0.2, 0.25) is 0 Å². The van der Waals surface area contributed by atoms with E-state index in [1.165, 1.54) is 19.2 Å². The van der Waals surface area contributed by atoms with Gasteiger partial charge >= 0.3 is 0 Å². The van der Waals surface area contributed by atoms with Gasteiger partial charge in [0.15, 0.2) is 11.6 Å². The maximum Gasteiger partial charge on any atom is 0.262 e. The van der Waals surface area contributed by atoms with Gasteiger partial charge in [-0.05, 0) is 37.6 Å². The fraction of sp³-hybridized carbons (Fsp3) is 0.278. The summed E-state index contributed by atoms with van der Waals surface area (Å²) < 4.78 is 45.9. The van der Waals surface area contributed by atoms with E-state index in [9.17, 15) is 17.6 Å². The standard InChI is InChI=1S/C18H21FN2O4S/c1-4-12(2)20-18(22)14-7-5-6-8-16(14)21-26(23,24)13-9-10-15(19)17(11-13)25-3/h5-12,21H,4H2,1-3H3,(H,20,22)/t12-/m0/s1. The quantitative estimate of drug-likeness (QED) is 0.773. The lowest BCUT2D eigenvalue weighted by molar-refractivity contribution is 0.0940. The predicted molar refractivity (Wildman–Crippen MR) is 97.4 cm³/mol. The monoisotopic (exact) mass is 380 g/mol. The number of amides is 1. The molecule has 0 fully saturated rings. The van der Waals surface area contributed by atoms with Gasteiger partial charge in [0.1, 0.15) is 0 Å². The molecule has 0 radical (unpaired) electrons. The van der Waals surface area contributed by atoms with Crippen molar-refractivity contribution >= 4 is 21.6 Å². The highest BCUT2D eigenvalue weighted by atomic mass is 32.2. The number of ether oxygens (including phenoxy) is 1. The molecule has 0 bridgehead atoms. The van der Waals surface area contributed by atoms with Crippen molar-refractivity contribution in [3.05, 3.63) is 53.8 Å². The van der Waals surface area contributed by atoms with Crippen molar-refractivity contribution in [2.45, 2.75) is 31.2 Å². The second kappa shape index (κ2) is 8.18. The molecule has 2 aromatic rings. The molecule has 0 saturated carbocycles. The highest BCUT2D eigenvalue weighted by Crippen LogP contribution is 2.24. The molecular weight excluding hydrogens is 359 g/mol. The molecule has 140 valence electrons. The van der Waals surface area contributed by atoms with Crippen LogP contribution in [-0.4, -0.2) is 27.5 Å². The lowest BCUT2D eigenvalue weighted by Crippen LogP contribution is -2.32. The number of hydrogen-bond acceptors (Lipinski definition) is 4. The second-order valence-electron chi connectivity index (χ2n) is 5.73. The summed E-state index contributed by atoms with van der Waals surface area (Å²) in [5.74, 6) is -1.23. The summed E-state index contributed by atoms with van der Waals surface area (Å²) in [6, 6.07) is 9.45. The highest BCUT2D eigenvalue weighted by Gasteiger charge is 2.20. The van der Waals surface area contributed by atoms with E-state index in [1.807, 2.05) is 13.8 Å². The second-order valence-corrected chi connectivity index (χ2v) is 7.41. The first-order valence-corrected chi connectivity index (χ1v) is 9.53. The summed E-state index contributed by atoms with van der Waals surface area (Å²) in [7, 11) is -2.78. The number of para-hydroxylation sites is 1. The average Bonchev–Trinajstić information content (AvgIpc) is 2.61. The van der Waals surface area contributed by atoms with E-state index < -0.39 is 15.8 Å². The molecule has 0 saturated heterocycles. The SMILES string of the molecule is CC[C@H](C)NC(=O)c1ccccc1NS(=O)(=O)c1ccc(F)c(OC)c1. The maximum atomic E-state index is 13.5. The molecule has 0 heterocycles. The first-order chi connectivity index (χ1) is 12.3. The topological polar surface area (TPSA) is 84.5 Å². The Balaban J connectivity index is 2.34. The van der Waals surface area contributed by atoms with Crippen LogP contribution in [-0.2, 0) is 10.0 Å². The van der Waals surface area contributed by atoms with Crippen molar-refractivity contribution in [1.29, 1.82) is 0 Å². The third-order valence-corrected chi connectivity index (χ3v) is 5.20. The minimum Gasteiger partial charge on any atom is -0.494 e. The molecule has 0 spiro atoms. The summed E-state index contributed by atoms with van der Waals surface area (Å²) >= 11 is 0. The van der Waals surface area contributed by atoms with E-state index >= 15 is 0 Å². The summed E-state index contributed by atoms with van der Waals surface area (Å²) in [4.78, 5) is 12.2. The van der Waals surface area contributed by atoms with Gasteiger partial charge in [-0.2, -0.15) is 0 Å². The van der Waals surface area contributed by atoms with Crippen molar-refractivity contribution in [2.24, 2.45) is 0 Å². The lowest BCUT2D eigenvalue weighted by Gasteiger charge is -2.15. The van der Waals surface area contributed by atoms with Crippen LogP contribution in [0, 0.1) is 5.82 Å². The van der Waals surface area contributed by atoms with E-state index in [1.54, 1.807) is 12.1 Å². The van der Waals surface area contributed by atoms with Gasteiger partial charge in [-0.3, -0.25) is 9.52 Å². The molecule has 26 heavy (non-hydrogen) atoms. The first kappa shape index (κ1) is 19.7. The Hall–Kier alpha value is -2.61. The Morgan fingerprint density at radius 1 is 1.23 bits per heavy atom. The zero-order valence-corrected chi connectivity index (χ0v) is 15.6. The number of methoxy groups -OCH3 is 1. The Morgan fingerprint density at radius 3 is 2.58 bits per heavy atom. The Bertz CT molecular complexity index is 900. The van der Waals surface area contributed by atoms with Gasteiger partial charge in [-0.15, -0.1) is 0 Å². The van der Waals surface area contributed by atoms with Crippen molar-refractivity contribution in [3.8, 4) is 5.75 Å². The summed E-state index contributed by atoms with van der Waals surface area (Å²) in [5.41, 5.74) is 0.335. The van der Waals surface area contributed by atoms with E-state index in [0.717, 1.165) is 24.6 Å². The van der Waals surface area contributed by atoms with Crippen molar-refractivity contribution < 1.29 is 22.3 Å². The number of carbonyl (C=O) groups is 1. The van der Waals surface area contributed by atoms with Crippen LogP contribution in [0.4, 0.5) is 10.1 Å². The molecule has 2 rings (SSSR count). The van der Waals surface area contributed by atoms with Crippen molar-refractivity contribution in [2.75, 3.05) is 11.8 Å². The molecule has 1 amide bonds. The van der Waals surface area contributed by atoms with Gasteiger partial charge in [-0.25, -0.2) is 12.8 Å². The van der Waals surface area contributed by atoms with E-state index in [4.69, 9.17) is 4.74 Å². The molecule has 6 nitrogen and oxygen atoms in total. The molecule has 2 aromatic carbocycles.